The Morgan fingerprint density at radius 2 is 1.32 bits per heavy atom. The second kappa shape index (κ2) is 6.54. The van der Waals surface area contributed by atoms with E-state index in [9.17, 15) is 4.79 Å². The van der Waals surface area contributed by atoms with Crippen LogP contribution in [0.3, 0.4) is 0 Å². The van der Waals surface area contributed by atoms with Crippen LogP contribution in [0, 0.1) is 6.92 Å². The standard InChI is InChI=1S/C22H19NO2/c1-16-10-8-9-15-19(16)20-21(25-20)22(24)23(17-11-4-2-5-12-17)18-13-6-3-7-14-18/h2-15,20-21H,1H3/t20-,21+/m0/s1. The molecule has 0 radical (unpaired) electrons. The molecular formula is C22H19NO2. The quantitative estimate of drug-likeness (QED) is 0.644. The highest BCUT2D eigenvalue weighted by molar-refractivity contribution is 6.04. The number of rotatable bonds is 4. The Hall–Kier alpha value is -2.91. The van der Waals surface area contributed by atoms with Gasteiger partial charge in [0.05, 0.1) is 0 Å². The molecule has 0 unspecified atom stereocenters. The first-order valence-electron chi connectivity index (χ1n) is 8.41. The van der Waals surface area contributed by atoms with E-state index in [1.165, 1.54) is 0 Å². The van der Waals surface area contributed by atoms with Gasteiger partial charge in [-0.1, -0.05) is 60.7 Å². The highest BCUT2D eigenvalue weighted by atomic mass is 16.6. The van der Waals surface area contributed by atoms with Crippen molar-refractivity contribution >= 4 is 17.3 Å². The van der Waals surface area contributed by atoms with Gasteiger partial charge in [-0.3, -0.25) is 9.69 Å². The normalized spacial score (nSPS) is 18.6. The largest absolute Gasteiger partial charge is 0.354 e. The van der Waals surface area contributed by atoms with Crippen molar-refractivity contribution in [2.75, 3.05) is 4.90 Å². The van der Waals surface area contributed by atoms with Gasteiger partial charge in [0, 0.05) is 11.4 Å². The van der Waals surface area contributed by atoms with Crippen molar-refractivity contribution in [3.8, 4) is 0 Å². The number of nitrogens with zero attached hydrogens (tertiary/aromatic N) is 1. The fraction of sp³-hybridized carbons (Fsp3) is 0.136. The van der Waals surface area contributed by atoms with Crippen LogP contribution in [0.5, 0.6) is 0 Å². The van der Waals surface area contributed by atoms with Crippen LogP contribution < -0.4 is 4.90 Å². The second-order valence-corrected chi connectivity index (χ2v) is 6.18. The lowest BCUT2D eigenvalue weighted by Gasteiger charge is -2.22. The fourth-order valence-electron chi connectivity index (χ4n) is 3.13. The molecule has 3 aromatic carbocycles. The van der Waals surface area contributed by atoms with E-state index in [2.05, 4.69) is 0 Å². The number of ether oxygens (including phenoxy) is 1. The second-order valence-electron chi connectivity index (χ2n) is 6.18. The van der Waals surface area contributed by atoms with Gasteiger partial charge in [-0.05, 0) is 42.3 Å². The highest BCUT2D eigenvalue weighted by Gasteiger charge is 2.49. The molecule has 25 heavy (non-hydrogen) atoms. The topological polar surface area (TPSA) is 32.8 Å². The van der Waals surface area contributed by atoms with Gasteiger partial charge >= 0.3 is 0 Å². The van der Waals surface area contributed by atoms with Crippen molar-refractivity contribution in [1.29, 1.82) is 0 Å². The molecule has 3 nitrogen and oxygen atoms in total. The molecular weight excluding hydrogens is 310 g/mol. The zero-order valence-corrected chi connectivity index (χ0v) is 14.0. The third-order valence-corrected chi connectivity index (χ3v) is 4.48. The predicted molar refractivity (Wildman–Crippen MR) is 98.8 cm³/mol. The van der Waals surface area contributed by atoms with Gasteiger partial charge in [-0.15, -0.1) is 0 Å². The van der Waals surface area contributed by atoms with E-state index >= 15 is 0 Å². The summed E-state index contributed by atoms with van der Waals surface area (Å²) in [7, 11) is 0. The number of carbonyl (C=O) groups excluding carboxylic acids is 1. The molecule has 0 spiro atoms. The molecule has 3 aromatic rings. The Balaban J connectivity index is 1.65. The average molecular weight is 329 g/mol. The fourth-order valence-corrected chi connectivity index (χ4v) is 3.13. The van der Waals surface area contributed by atoms with Gasteiger partial charge in [0.2, 0.25) is 0 Å². The summed E-state index contributed by atoms with van der Waals surface area (Å²) >= 11 is 0. The van der Waals surface area contributed by atoms with E-state index in [1.54, 1.807) is 4.90 Å². The number of hydrogen-bond acceptors (Lipinski definition) is 2. The third-order valence-electron chi connectivity index (χ3n) is 4.48. The first kappa shape index (κ1) is 15.6. The summed E-state index contributed by atoms with van der Waals surface area (Å²) < 4.78 is 5.78. The summed E-state index contributed by atoms with van der Waals surface area (Å²) in [5.41, 5.74) is 3.92. The van der Waals surface area contributed by atoms with Crippen molar-refractivity contribution in [3.63, 3.8) is 0 Å². The van der Waals surface area contributed by atoms with Gasteiger partial charge in [0.15, 0.2) is 6.10 Å². The van der Waals surface area contributed by atoms with Gasteiger partial charge in [-0.25, -0.2) is 0 Å². The summed E-state index contributed by atoms with van der Waals surface area (Å²) in [4.78, 5) is 14.9. The maximum atomic E-state index is 13.2. The molecule has 4 rings (SSSR count). The molecule has 1 amide bonds. The molecule has 124 valence electrons. The molecule has 0 aliphatic carbocycles. The lowest BCUT2D eigenvalue weighted by molar-refractivity contribution is -0.119. The SMILES string of the molecule is Cc1ccccc1[C@@H]1O[C@H]1C(=O)N(c1ccccc1)c1ccccc1. The van der Waals surface area contributed by atoms with E-state index < -0.39 is 6.10 Å². The van der Waals surface area contributed by atoms with E-state index in [4.69, 9.17) is 4.74 Å². The smallest absolute Gasteiger partial charge is 0.263 e. The lowest BCUT2D eigenvalue weighted by atomic mass is 10.0. The van der Waals surface area contributed by atoms with Crippen LogP contribution in [0.4, 0.5) is 11.4 Å². The molecule has 1 aliphatic heterocycles. The summed E-state index contributed by atoms with van der Waals surface area (Å²) in [6, 6.07) is 27.5. The molecule has 0 saturated carbocycles. The monoisotopic (exact) mass is 329 g/mol. The molecule has 2 atom stereocenters. The van der Waals surface area contributed by atoms with Crippen LogP contribution in [-0.4, -0.2) is 12.0 Å². The summed E-state index contributed by atoms with van der Waals surface area (Å²) in [6.07, 6.45) is -0.606. The van der Waals surface area contributed by atoms with E-state index in [-0.39, 0.29) is 12.0 Å². The first-order valence-corrected chi connectivity index (χ1v) is 8.41. The molecule has 1 fully saturated rings. The maximum Gasteiger partial charge on any atom is 0.263 e. The van der Waals surface area contributed by atoms with Gasteiger partial charge in [-0.2, -0.15) is 0 Å². The van der Waals surface area contributed by atoms with Crippen molar-refractivity contribution < 1.29 is 9.53 Å². The molecule has 1 heterocycles. The Morgan fingerprint density at radius 1 is 0.800 bits per heavy atom. The van der Waals surface area contributed by atoms with Crippen LogP contribution in [0.1, 0.15) is 17.2 Å². The minimum atomic E-state index is -0.443. The molecule has 0 aromatic heterocycles. The average Bonchev–Trinajstić information content (AvgIpc) is 3.45. The zero-order valence-electron chi connectivity index (χ0n) is 14.0. The van der Waals surface area contributed by atoms with Gasteiger partial charge in [0.25, 0.3) is 5.91 Å². The number of carbonyl (C=O) groups is 1. The molecule has 1 saturated heterocycles. The first-order chi connectivity index (χ1) is 12.3. The third kappa shape index (κ3) is 3.06. The van der Waals surface area contributed by atoms with Crippen LogP contribution in [-0.2, 0) is 9.53 Å². The number of benzene rings is 3. The van der Waals surface area contributed by atoms with Crippen LogP contribution in [0.2, 0.25) is 0 Å². The van der Waals surface area contributed by atoms with Gasteiger partial charge in [0.1, 0.15) is 6.10 Å². The Kier molecular flexibility index (Phi) is 4.08. The number of epoxide rings is 1. The molecule has 0 N–H and O–H groups in total. The number of anilines is 2. The molecule has 0 bridgehead atoms. The minimum absolute atomic E-state index is 0.0364. The van der Waals surface area contributed by atoms with E-state index in [0.717, 1.165) is 22.5 Å². The van der Waals surface area contributed by atoms with Crippen molar-refractivity contribution in [2.24, 2.45) is 0 Å². The zero-order chi connectivity index (χ0) is 17.2. The molecule has 1 aliphatic rings. The number of amides is 1. The Bertz CT molecular complexity index is 837. The van der Waals surface area contributed by atoms with E-state index in [1.807, 2.05) is 91.9 Å². The predicted octanol–water partition coefficient (Wildman–Crippen LogP) is 4.80. The van der Waals surface area contributed by atoms with Crippen LogP contribution in [0.25, 0.3) is 0 Å². The number of para-hydroxylation sites is 2. The van der Waals surface area contributed by atoms with E-state index in [0.29, 0.717) is 0 Å². The van der Waals surface area contributed by atoms with Gasteiger partial charge < -0.3 is 4.74 Å². The maximum absolute atomic E-state index is 13.2. The minimum Gasteiger partial charge on any atom is -0.354 e. The lowest BCUT2D eigenvalue weighted by Crippen LogP contribution is -2.30. The number of hydrogen-bond donors (Lipinski definition) is 0. The Morgan fingerprint density at radius 3 is 1.88 bits per heavy atom. The number of aryl methyl sites for hydroxylation is 1. The van der Waals surface area contributed by atoms with Crippen molar-refractivity contribution in [3.05, 3.63) is 96.1 Å². The highest BCUT2D eigenvalue weighted by Crippen LogP contribution is 2.43. The summed E-state index contributed by atoms with van der Waals surface area (Å²) in [6.45, 7) is 2.05. The van der Waals surface area contributed by atoms with Crippen molar-refractivity contribution in [2.45, 2.75) is 19.1 Å². The summed E-state index contributed by atoms with van der Waals surface area (Å²) in [5, 5.41) is 0. The van der Waals surface area contributed by atoms with Crippen LogP contribution >= 0.6 is 0 Å². The molecule has 3 heteroatoms. The Labute approximate surface area is 147 Å². The summed E-state index contributed by atoms with van der Waals surface area (Å²) in [5.74, 6) is -0.0364. The van der Waals surface area contributed by atoms with Crippen LogP contribution in [0.15, 0.2) is 84.9 Å². The van der Waals surface area contributed by atoms with Crippen molar-refractivity contribution in [1.82, 2.24) is 0 Å².